The molecule has 0 amide bonds. The molecule has 4 aromatic heterocycles. The summed E-state index contributed by atoms with van der Waals surface area (Å²) in [6, 6.07) is 71.5. The molecule has 294 valence electrons. The van der Waals surface area contributed by atoms with Gasteiger partial charge in [0, 0.05) is 60.3 Å². The van der Waals surface area contributed by atoms with Crippen LogP contribution in [0, 0.1) is 0 Å². The minimum Gasteiger partial charge on any atom is -0.456 e. The fourth-order valence-corrected chi connectivity index (χ4v) is 9.37. The zero-order valence-electron chi connectivity index (χ0n) is 33.7. The van der Waals surface area contributed by atoms with E-state index in [0.29, 0.717) is 17.5 Å². The molecule has 4 heterocycles. The maximum Gasteiger partial charge on any atom is 0.164 e. The zero-order chi connectivity index (χ0) is 41.4. The number of rotatable bonds is 6. The number of para-hydroxylation sites is 4. The first-order chi connectivity index (χ1) is 31.2. The summed E-state index contributed by atoms with van der Waals surface area (Å²) >= 11 is 0. The summed E-state index contributed by atoms with van der Waals surface area (Å²) in [7, 11) is 0. The van der Waals surface area contributed by atoms with Crippen LogP contribution in [0.5, 0.6) is 0 Å². The quantitative estimate of drug-likeness (QED) is 0.167. The molecule has 0 unspecified atom stereocenters. The first-order valence-corrected chi connectivity index (χ1v) is 21.1. The summed E-state index contributed by atoms with van der Waals surface area (Å²) in [5.74, 6) is 1.67. The lowest BCUT2D eigenvalue weighted by molar-refractivity contribution is 0.668. The maximum absolute atomic E-state index is 6.74. The second-order valence-corrected chi connectivity index (χ2v) is 15.9. The van der Waals surface area contributed by atoms with Gasteiger partial charge >= 0.3 is 0 Å². The normalized spacial score (nSPS) is 11.8. The Morgan fingerprint density at radius 1 is 0.317 bits per heavy atom. The highest BCUT2D eigenvalue weighted by Crippen LogP contribution is 2.43. The van der Waals surface area contributed by atoms with Gasteiger partial charge in [-0.25, -0.2) is 15.0 Å². The Morgan fingerprint density at radius 3 is 1.63 bits per heavy atom. The van der Waals surface area contributed by atoms with Gasteiger partial charge in [-0.15, -0.1) is 0 Å². The molecule has 0 aliphatic heterocycles. The predicted octanol–water partition coefficient (Wildman–Crippen LogP) is 15.1. The number of nitrogens with zero attached hydrogens (tertiary/aromatic N) is 4. The van der Waals surface area contributed by atoms with Gasteiger partial charge in [-0.2, -0.15) is 0 Å². The number of hydrogen-bond acceptors (Lipinski definition) is 5. The van der Waals surface area contributed by atoms with Crippen molar-refractivity contribution in [3.05, 3.63) is 206 Å². The van der Waals surface area contributed by atoms with E-state index in [4.69, 9.17) is 23.8 Å². The lowest BCUT2D eigenvalue weighted by Crippen LogP contribution is -2.00. The Hall–Kier alpha value is -8.61. The van der Waals surface area contributed by atoms with Crippen molar-refractivity contribution in [1.29, 1.82) is 0 Å². The molecule has 0 saturated heterocycles. The Labute approximate surface area is 361 Å². The summed E-state index contributed by atoms with van der Waals surface area (Å²) < 4.78 is 15.4. The van der Waals surface area contributed by atoms with E-state index in [0.717, 1.165) is 94.0 Å². The SMILES string of the molecule is c1ccc(-c2cccc(-c3nc(-c4ccc5c(c4)oc4ccccc45)nc(-c4ccc5c(c4)oc4cccc(-c6cccc7c8ccccc8n(-c8ccccc8)c67)c45)n3)c2)cc1. The average Bonchev–Trinajstić information content (AvgIpc) is 4.03. The third-order valence-corrected chi connectivity index (χ3v) is 12.3. The summed E-state index contributed by atoms with van der Waals surface area (Å²) in [6.45, 7) is 0. The molecule has 0 fully saturated rings. The number of furan rings is 2. The minimum atomic E-state index is 0.546. The molecule has 0 bridgehead atoms. The standard InChI is InChI=1S/C57H34N4O2/c1-3-14-35(15-4-1)36-16-11-17-37(32-36)55-58-56(38-28-30-43-42-21-8-10-26-49(42)62-51(43)33-38)60-57(59-55)39-29-31-47-52(34-39)63-50-27-13-22-44(53(47)50)46-24-12-23-45-41-20-7-9-25-48(41)61(54(45)46)40-18-5-2-6-19-40/h1-34H. The molecular weight excluding hydrogens is 773 g/mol. The van der Waals surface area contributed by atoms with Crippen molar-refractivity contribution in [2.24, 2.45) is 0 Å². The highest BCUT2D eigenvalue weighted by Gasteiger charge is 2.21. The van der Waals surface area contributed by atoms with Crippen LogP contribution in [0.25, 0.3) is 128 Å². The van der Waals surface area contributed by atoms with Crippen molar-refractivity contribution in [2.45, 2.75) is 0 Å². The summed E-state index contributed by atoms with van der Waals surface area (Å²) in [5, 5.41) is 6.62. The summed E-state index contributed by atoms with van der Waals surface area (Å²) in [6.07, 6.45) is 0. The van der Waals surface area contributed by atoms with Crippen LogP contribution in [-0.2, 0) is 0 Å². The first-order valence-electron chi connectivity index (χ1n) is 21.1. The molecule has 0 aliphatic rings. The van der Waals surface area contributed by atoms with Gasteiger partial charge in [0.2, 0.25) is 0 Å². The van der Waals surface area contributed by atoms with Gasteiger partial charge in [-0.3, -0.25) is 0 Å². The van der Waals surface area contributed by atoms with E-state index in [9.17, 15) is 0 Å². The van der Waals surface area contributed by atoms with Crippen LogP contribution in [0.3, 0.4) is 0 Å². The molecule has 0 atom stereocenters. The Balaban J connectivity index is 0.989. The lowest BCUT2D eigenvalue weighted by atomic mass is 9.97. The highest BCUT2D eigenvalue weighted by molar-refractivity contribution is 6.19. The van der Waals surface area contributed by atoms with Crippen molar-refractivity contribution < 1.29 is 8.83 Å². The van der Waals surface area contributed by atoms with E-state index in [1.807, 2.05) is 30.3 Å². The van der Waals surface area contributed by atoms with Gasteiger partial charge in [0.05, 0.1) is 11.0 Å². The van der Waals surface area contributed by atoms with Crippen LogP contribution in [0.4, 0.5) is 0 Å². The lowest BCUT2D eigenvalue weighted by Gasteiger charge is -2.12. The van der Waals surface area contributed by atoms with Crippen molar-refractivity contribution in [3.63, 3.8) is 0 Å². The smallest absolute Gasteiger partial charge is 0.164 e. The fourth-order valence-electron chi connectivity index (χ4n) is 9.37. The molecule has 6 nitrogen and oxygen atoms in total. The van der Waals surface area contributed by atoms with E-state index >= 15 is 0 Å². The second kappa shape index (κ2) is 14.0. The van der Waals surface area contributed by atoms with Gasteiger partial charge in [0.1, 0.15) is 22.3 Å². The molecule has 0 saturated carbocycles. The topological polar surface area (TPSA) is 69.9 Å². The average molecular weight is 807 g/mol. The van der Waals surface area contributed by atoms with Gasteiger partial charge in [0.15, 0.2) is 17.5 Å². The Kier molecular flexibility index (Phi) is 7.80. The predicted molar refractivity (Wildman–Crippen MR) is 256 cm³/mol. The van der Waals surface area contributed by atoms with Crippen LogP contribution < -0.4 is 0 Å². The summed E-state index contributed by atoms with van der Waals surface area (Å²) in [4.78, 5) is 15.4. The number of benzene rings is 9. The number of fused-ring (bicyclic) bond motifs is 9. The van der Waals surface area contributed by atoms with E-state index in [2.05, 4.69) is 180 Å². The van der Waals surface area contributed by atoms with Gasteiger partial charge in [-0.1, -0.05) is 146 Å². The van der Waals surface area contributed by atoms with Crippen molar-refractivity contribution in [3.8, 4) is 62.1 Å². The zero-order valence-corrected chi connectivity index (χ0v) is 33.7. The molecule has 0 radical (unpaired) electrons. The Bertz CT molecular complexity index is 3920. The monoisotopic (exact) mass is 806 g/mol. The van der Waals surface area contributed by atoms with Crippen molar-refractivity contribution in [2.75, 3.05) is 0 Å². The molecular formula is C57H34N4O2. The molecule has 6 heteroatoms. The van der Waals surface area contributed by atoms with Crippen molar-refractivity contribution >= 4 is 65.7 Å². The van der Waals surface area contributed by atoms with E-state index in [1.54, 1.807) is 0 Å². The second-order valence-electron chi connectivity index (χ2n) is 15.9. The molecule has 63 heavy (non-hydrogen) atoms. The minimum absolute atomic E-state index is 0.546. The maximum atomic E-state index is 6.74. The van der Waals surface area contributed by atoms with Crippen LogP contribution >= 0.6 is 0 Å². The summed E-state index contributed by atoms with van der Waals surface area (Å²) in [5.41, 5.74) is 13.6. The highest BCUT2D eigenvalue weighted by atomic mass is 16.3. The number of hydrogen-bond donors (Lipinski definition) is 0. The van der Waals surface area contributed by atoms with Crippen LogP contribution in [0.1, 0.15) is 0 Å². The fraction of sp³-hybridized carbons (Fsp3) is 0. The molecule has 0 N–H and O–H groups in total. The molecule has 9 aromatic carbocycles. The first kappa shape index (κ1) is 35.2. The third kappa shape index (κ3) is 5.69. The van der Waals surface area contributed by atoms with E-state index < -0.39 is 0 Å². The van der Waals surface area contributed by atoms with E-state index in [1.165, 1.54) is 16.3 Å². The van der Waals surface area contributed by atoms with Gasteiger partial charge < -0.3 is 13.4 Å². The Morgan fingerprint density at radius 2 is 0.841 bits per heavy atom. The number of aromatic nitrogens is 4. The largest absolute Gasteiger partial charge is 0.456 e. The molecule has 13 rings (SSSR count). The molecule has 0 aliphatic carbocycles. The van der Waals surface area contributed by atoms with Gasteiger partial charge in [0.25, 0.3) is 0 Å². The third-order valence-electron chi connectivity index (χ3n) is 12.3. The van der Waals surface area contributed by atoms with Crippen LogP contribution in [0.15, 0.2) is 215 Å². The van der Waals surface area contributed by atoms with Gasteiger partial charge in [-0.05, 0) is 77.4 Å². The molecule has 0 spiro atoms. The van der Waals surface area contributed by atoms with E-state index in [-0.39, 0.29) is 0 Å². The van der Waals surface area contributed by atoms with Crippen LogP contribution in [0.2, 0.25) is 0 Å². The van der Waals surface area contributed by atoms with Crippen molar-refractivity contribution in [1.82, 2.24) is 19.5 Å². The molecule has 13 aromatic rings. The van der Waals surface area contributed by atoms with Crippen LogP contribution in [-0.4, -0.2) is 19.5 Å².